The molecule has 0 bridgehead atoms. The number of anilines is 1. The van der Waals surface area contributed by atoms with Crippen LogP contribution in [0.1, 0.15) is 36.0 Å². The average molecular weight is 554 g/mol. The topological polar surface area (TPSA) is 241 Å². The maximum absolute atomic E-state index is 12.7. The fourth-order valence-corrected chi connectivity index (χ4v) is 4.39. The molecule has 16 heteroatoms. The molecular weight excluding hydrogens is 526 g/mol. The molecule has 16 nitrogen and oxygen atoms in total. The highest BCUT2D eigenvalue weighted by molar-refractivity contribution is 6.38. The number of hydroxylamine groups is 1. The van der Waals surface area contributed by atoms with Crippen molar-refractivity contribution in [2.45, 2.75) is 43.8 Å². The van der Waals surface area contributed by atoms with Crippen molar-refractivity contribution in [3.05, 3.63) is 29.8 Å². The zero-order valence-electron chi connectivity index (χ0n) is 21.1. The molecule has 0 aromatic heterocycles. The molecule has 4 rings (SSSR count). The van der Waals surface area contributed by atoms with Gasteiger partial charge in [0.2, 0.25) is 11.9 Å². The number of rotatable bonds is 10. The van der Waals surface area contributed by atoms with E-state index in [9.17, 15) is 29.1 Å². The quantitative estimate of drug-likeness (QED) is 0.149. The molecule has 0 spiro atoms. The predicted octanol–water partition coefficient (Wildman–Crippen LogP) is -1.29. The standard InChI is InChI=1S/C24H27N9O7/c25-24-30-19-18(22(37)31-24)28-14(11-27-19)10-26-13-5-3-12(4-6-13)20(35)29-15(23(38)39)7-8-17(34)33-9-1-2-16(33)21(36)32-40/h3-6,11,15-16,18,26,40H,1-2,7-10H2,(H,29,35)(H,32,36)(H,38,39)(H2,25,31,37). The SMILES string of the molecule is NC1=NC(=O)C2N=C(CNc3ccc(C(=O)NC(CCC(=O)N4CCCC4C(=O)NO)C(=O)O)cc3)C=NC2=N1. The number of likely N-dealkylation sites (tertiary alicyclic amines) is 1. The van der Waals surface area contributed by atoms with Crippen molar-refractivity contribution >= 4 is 59.0 Å². The summed E-state index contributed by atoms with van der Waals surface area (Å²) >= 11 is 0. The smallest absolute Gasteiger partial charge is 0.326 e. The predicted molar refractivity (Wildman–Crippen MR) is 141 cm³/mol. The minimum Gasteiger partial charge on any atom is -0.480 e. The third kappa shape index (κ3) is 6.52. The Hall–Kier alpha value is -4.99. The van der Waals surface area contributed by atoms with E-state index in [1.165, 1.54) is 28.7 Å². The van der Waals surface area contributed by atoms with Gasteiger partial charge in [0.15, 0.2) is 11.9 Å². The molecule has 3 aliphatic heterocycles. The minimum atomic E-state index is -1.33. The number of fused-ring (bicyclic) bond motifs is 1. The second kappa shape index (κ2) is 12.2. The van der Waals surface area contributed by atoms with Crippen LogP contribution in [0.25, 0.3) is 0 Å². The summed E-state index contributed by atoms with van der Waals surface area (Å²) in [6.07, 6.45) is 2.04. The summed E-state index contributed by atoms with van der Waals surface area (Å²) in [5.74, 6) is -3.63. The molecule has 3 atom stereocenters. The van der Waals surface area contributed by atoms with E-state index in [0.29, 0.717) is 30.8 Å². The van der Waals surface area contributed by atoms with Crippen LogP contribution in [0.3, 0.4) is 0 Å². The normalized spacial score (nSPS) is 20.5. The first-order chi connectivity index (χ1) is 19.2. The summed E-state index contributed by atoms with van der Waals surface area (Å²) in [6.45, 7) is 0.539. The molecule has 210 valence electrons. The molecule has 0 aliphatic carbocycles. The summed E-state index contributed by atoms with van der Waals surface area (Å²) in [5, 5.41) is 23.9. The molecule has 3 unspecified atom stereocenters. The number of guanidine groups is 1. The second-order valence-electron chi connectivity index (χ2n) is 9.11. The molecule has 3 heterocycles. The van der Waals surface area contributed by atoms with E-state index in [-0.39, 0.29) is 36.7 Å². The van der Waals surface area contributed by atoms with Crippen molar-refractivity contribution in [1.29, 1.82) is 0 Å². The van der Waals surface area contributed by atoms with E-state index in [2.05, 4.69) is 30.6 Å². The average Bonchev–Trinajstić information content (AvgIpc) is 3.44. The highest BCUT2D eigenvalue weighted by Crippen LogP contribution is 2.19. The highest BCUT2D eigenvalue weighted by atomic mass is 16.5. The van der Waals surface area contributed by atoms with E-state index in [4.69, 9.17) is 10.9 Å². The lowest BCUT2D eigenvalue weighted by Gasteiger charge is -2.23. The number of aliphatic carboxylic acids is 1. The minimum absolute atomic E-state index is 0.164. The van der Waals surface area contributed by atoms with Crippen LogP contribution >= 0.6 is 0 Å². The maximum atomic E-state index is 12.7. The van der Waals surface area contributed by atoms with Gasteiger partial charge < -0.3 is 26.4 Å². The van der Waals surface area contributed by atoms with Crippen LogP contribution in [0, 0.1) is 0 Å². The molecule has 0 radical (unpaired) electrons. The van der Waals surface area contributed by atoms with Crippen molar-refractivity contribution in [2.75, 3.05) is 18.4 Å². The van der Waals surface area contributed by atoms with Crippen molar-refractivity contribution in [2.24, 2.45) is 25.7 Å². The fourth-order valence-electron chi connectivity index (χ4n) is 4.39. The largest absolute Gasteiger partial charge is 0.480 e. The summed E-state index contributed by atoms with van der Waals surface area (Å²) < 4.78 is 0. The van der Waals surface area contributed by atoms with Crippen LogP contribution in [0.2, 0.25) is 0 Å². The number of amidine groups is 1. The Morgan fingerprint density at radius 1 is 1.15 bits per heavy atom. The molecule has 4 amide bonds. The Bertz CT molecular complexity index is 1340. The molecule has 7 N–H and O–H groups in total. The van der Waals surface area contributed by atoms with Gasteiger partial charge in [0, 0.05) is 24.2 Å². The summed E-state index contributed by atoms with van der Waals surface area (Å²) in [5.41, 5.74) is 8.29. The van der Waals surface area contributed by atoms with Crippen molar-refractivity contribution in [3.8, 4) is 0 Å². The van der Waals surface area contributed by atoms with Crippen molar-refractivity contribution < 1.29 is 34.3 Å². The van der Waals surface area contributed by atoms with Gasteiger partial charge in [-0.15, -0.1) is 0 Å². The van der Waals surface area contributed by atoms with Gasteiger partial charge in [0.1, 0.15) is 12.1 Å². The number of nitrogens with two attached hydrogens (primary N) is 1. The first-order valence-corrected chi connectivity index (χ1v) is 12.3. The van der Waals surface area contributed by atoms with Gasteiger partial charge in [-0.1, -0.05) is 0 Å². The summed E-state index contributed by atoms with van der Waals surface area (Å²) in [6, 6.07) is 3.13. The number of nitrogens with zero attached hydrogens (tertiary/aromatic N) is 5. The van der Waals surface area contributed by atoms with Gasteiger partial charge in [0.25, 0.3) is 17.7 Å². The van der Waals surface area contributed by atoms with Crippen LogP contribution in [0.15, 0.2) is 44.2 Å². The Morgan fingerprint density at radius 3 is 2.60 bits per heavy atom. The van der Waals surface area contributed by atoms with E-state index >= 15 is 0 Å². The Morgan fingerprint density at radius 2 is 1.90 bits per heavy atom. The van der Waals surface area contributed by atoms with E-state index in [1.54, 1.807) is 12.1 Å². The monoisotopic (exact) mass is 553 g/mol. The number of aliphatic imine (C=N–C) groups is 4. The highest BCUT2D eigenvalue weighted by Gasteiger charge is 2.34. The Labute approximate surface area is 227 Å². The molecular formula is C24H27N9O7. The molecule has 1 fully saturated rings. The lowest BCUT2D eigenvalue weighted by Crippen LogP contribution is -2.46. The number of carboxylic acid groups (broad SMARTS) is 1. The molecule has 40 heavy (non-hydrogen) atoms. The molecule has 1 aromatic carbocycles. The number of hydrogen-bond acceptors (Lipinski definition) is 11. The van der Waals surface area contributed by atoms with Crippen LogP contribution in [0.4, 0.5) is 5.69 Å². The Kier molecular flexibility index (Phi) is 8.58. The molecule has 0 saturated carbocycles. The van der Waals surface area contributed by atoms with E-state index in [1.807, 2.05) is 0 Å². The van der Waals surface area contributed by atoms with Crippen molar-refractivity contribution in [3.63, 3.8) is 0 Å². The van der Waals surface area contributed by atoms with Gasteiger partial charge in [-0.2, -0.15) is 9.98 Å². The number of hydrogen-bond donors (Lipinski definition) is 6. The third-order valence-electron chi connectivity index (χ3n) is 6.43. The molecule has 1 saturated heterocycles. The molecule has 3 aliphatic rings. The lowest BCUT2D eigenvalue weighted by molar-refractivity contribution is -0.143. The lowest BCUT2D eigenvalue weighted by atomic mass is 10.1. The Balaban J connectivity index is 1.28. The zero-order valence-corrected chi connectivity index (χ0v) is 21.1. The second-order valence-corrected chi connectivity index (χ2v) is 9.11. The first-order valence-electron chi connectivity index (χ1n) is 12.3. The van der Waals surface area contributed by atoms with Crippen LogP contribution < -0.4 is 21.8 Å². The number of carboxylic acids is 1. The van der Waals surface area contributed by atoms with Gasteiger partial charge >= 0.3 is 5.97 Å². The number of amides is 4. The van der Waals surface area contributed by atoms with Gasteiger partial charge in [-0.3, -0.25) is 29.4 Å². The maximum Gasteiger partial charge on any atom is 0.326 e. The van der Waals surface area contributed by atoms with Gasteiger partial charge in [-0.25, -0.2) is 15.3 Å². The number of carbonyl (C=O) groups is 5. The zero-order chi connectivity index (χ0) is 28.8. The van der Waals surface area contributed by atoms with Gasteiger partial charge in [0.05, 0.1) is 18.5 Å². The van der Waals surface area contributed by atoms with E-state index in [0.717, 1.165) is 0 Å². The van der Waals surface area contributed by atoms with E-state index < -0.39 is 47.7 Å². The molecule has 1 aromatic rings. The van der Waals surface area contributed by atoms with Gasteiger partial charge in [-0.05, 0) is 43.5 Å². The third-order valence-corrected chi connectivity index (χ3v) is 6.43. The number of nitrogens with one attached hydrogen (secondary N) is 3. The van der Waals surface area contributed by atoms with Crippen LogP contribution in [0.5, 0.6) is 0 Å². The number of carbonyl (C=O) groups excluding carboxylic acids is 4. The summed E-state index contributed by atoms with van der Waals surface area (Å²) in [7, 11) is 0. The fraction of sp³-hybridized carbons (Fsp3) is 0.375. The van der Waals surface area contributed by atoms with Crippen LogP contribution in [-0.4, -0.2) is 99.7 Å². The van der Waals surface area contributed by atoms with Crippen molar-refractivity contribution in [1.82, 2.24) is 15.7 Å². The first kappa shape index (κ1) is 28.0. The number of benzene rings is 1. The van der Waals surface area contributed by atoms with Crippen LogP contribution in [-0.2, 0) is 19.2 Å². The summed E-state index contributed by atoms with van der Waals surface area (Å²) in [4.78, 5) is 77.9.